The SMILES string of the molecule is CC/C=C\CCCCCCCCS[C@H](C)C(=O)C(F)(F)F. The molecule has 0 aliphatic rings. The van der Waals surface area contributed by atoms with E-state index >= 15 is 0 Å². The number of thioether (sulfide) groups is 1. The molecule has 0 aliphatic heterocycles. The molecule has 0 rings (SSSR count). The number of carbonyl (C=O) groups is 1. The van der Waals surface area contributed by atoms with Crippen LogP contribution >= 0.6 is 11.8 Å². The van der Waals surface area contributed by atoms with Gasteiger partial charge in [0.05, 0.1) is 5.25 Å². The summed E-state index contributed by atoms with van der Waals surface area (Å²) >= 11 is 1.11. The van der Waals surface area contributed by atoms with Crippen molar-refractivity contribution >= 4 is 17.5 Å². The van der Waals surface area contributed by atoms with Crippen molar-refractivity contribution in [3.05, 3.63) is 12.2 Å². The molecule has 0 aliphatic carbocycles. The number of alkyl halides is 3. The first-order valence-corrected chi connectivity index (χ1v) is 8.82. The Balaban J connectivity index is 3.40. The van der Waals surface area contributed by atoms with Crippen LogP contribution in [-0.4, -0.2) is 23.0 Å². The average molecular weight is 324 g/mol. The Labute approximate surface area is 130 Å². The molecule has 0 aromatic heterocycles. The smallest absolute Gasteiger partial charge is 0.288 e. The van der Waals surface area contributed by atoms with Crippen molar-refractivity contribution in [1.82, 2.24) is 0 Å². The van der Waals surface area contributed by atoms with E-state index in [1.807, 2.05) is 0 Å². The van der Waals surface area contributed by atoms with Gasteiger partial charge in [0.1, 0.15) is 0 Å². The fraction of sp³-hybridized carbons (Fsp3) is 0.812. The van der Waals surface area contributed by atoms with Crippen molar-refractivity contribution in [1.29, 1.82) is 0 Å². The second kappa shape index (κ2) is 12.1. The summed E-state index contributed by atoms with van der Waals surface area (Å²) in [7, 11) is 0. The quantitative estimate of drug-likeness (QED) is 0.326. The Morgan fingerprint density at radius 1 is 1.05 bits per heavy atom. The Bertz CT molecular complexity index is 300. The summed E-state index contributed by atoms with van der Waals surface area (Å²) in [4.78, 5) is 10.9. The first kappa shape index (κ1) is 20.6. The molecule has 1 nitrogen and oxygen atoms in total. The summed E-state index contributed by atoms with van der Waals surface area (Å²) in [6.45, 7) is 3.46. The molecule has 0 aromatic rings. The fourth-order valence-electron chi connectivity index (χ4n) is 1.92. The Morgan fingerprint density at radius 2 is 1.62 bits per heavy atom. The maximum absolute atomic E-state index is 12.2. The van der Waals surface area contributed by atoms with Gasteiger partial charge < -0.3 is 0 Å². The molecule has 0 amide bonds. The Morgan fingerprint density at radius 3 is 2.19 bits per heavy atom. The van der Waals surface area contributed by atoms with E-state index in [1.165, 1.54) is 26.2 Å². The molecule has 0 spiro atoms. The lowest BCUT2D eigenvalue weighted by Crippen LogP contribution is -2.30. The lowest BCUT2D eigenvalue weighted by atomic mass is 10.1. The maximum Gasteiger partial charge on any atom is 0.451 e. The van der Waals surface area contributed by atoms with Crippen LogP contribution in [-0.2, 0) is 4.79 Å². The van der Waals surface area contributed by atoms with Crippen LogP contribution < -0.4 is 0 Å². The minimum Gasteiger partial charge on any atom is -0.288 e. The second-order valence-corrected chi connectivity index (χ2v) is 6.61. The molecule has 0 radical (unpaired) electrons. The molecule has 0 aromatic carbocycles. The van der Waals surface area contributed by atoms with Gasteiger partial charge in [0, 0.05) is 0 Å². The van der Waals surface area contributed by atoms with Crippen molar-refractivity contribution in [3.63, 3.8) is 0 Å². The van der Waals surface area contributed by atoms with Crippen LogP contribution in [0.2, 0.25) is 0 Å². The summed E-state index contributed by atoms with van der Waals surface area (Å²) in [5, 5.41) is -0.977. The molecule has 0 N–H and O–H groups in total. The molecule has 0 heterocycles. The third-order valence-electron chi connectivity index (χ3n) is 3.18. The summed E-state index contributed by atoms with van der Waals surface area (Å²) < 4.78 is 36.5. The molecule has 5 heteroatoms. The van der Waals surface area contributed by atoms with Gasteiger partial charge in [-0.15, -0.1) is 0 Å². The minimum atomic E-state index is -4.70. The van der Waals surface area contributed by atoms with Crippen LogP contribution in [0.1, 0.15) is 65.2 Å². The third kappa shape index (κ3) is 11.8. The molecule has 0 fully saturated rings. The van der Waals surface area contributed by atoms with Crippen LogP contribution in [0, 0.1) is 0 Å². The van der Waals surface area contributed by atoms with Crippen molar-refractivity contribution in [2.45, 2.75) is 76.6 Å². The standard InChI is InChI=1S/C16H27F3OS/c1-3-4-5-6-7-8-9-10-11-12-13-21-14(2)15(20)16(17,18)19/h4-5,14H,3,6-13H2,1-2H3/b5-4-/t14-/m1/s1. The van der Waals surface area contributed by atoms with Crippen molar-refractivity contribution < 1.29 is 18.0 Å². The van der Waals surface area contributed by atoms with Gasteiger partial charge in [-0.25, -0.2) is 0 Å². The normalized spacial score (nSPS) is 13.8. The highest BCUT2D eigenvalue weighted by Crippen LogP contribution is 2.25. The summed E-state index contributed by atoms with van der Waals surface area (Å²) in [6.07, 6.45) is 8.58. The number of unbranched alkanes of at least 4 members (excludes halogenated alkanes) is 6. The van der Waals surface area contributed by atoms with Crippen molar-refractivity contribution in [3.8, 4) is 0 Å². The summed E-state index contributed by atoms with van der Waals surface area (Å²) in [5.74, 6) is -0.991. The molecular formula is C16H27F3OS. The van der Waals surface area contributed by atoms with E-state index in [0.717, 1.165) is 43.9 Å². The van der Waals surface area contributed by atoms with E-state index in [9.17, 15) is 18.0 Å². The van der Waals surface area contributed by atoms with Crippen molar-refractivity contribution in [2.75, 3.05) is 5.75 Å². The maximum atomic E-state index is 12.2. The van der Waals surface area contributed by atoms with Gasteiger partial charge in [-0.1, -0.05) is 44.8 Å². The number of ketones is 1. The molecule has 1 atom stereocenters. The van der Waals surface area contributed by atoms with Gasteiger partial charge in [0.25, 0.3) is 0 Å². The number of carbonyl (C=O) groups excluding carboxylic acids is 1. The van der Waals surface area contributed by atoms with Crippen LogP contribution in [0.25, 0.3) is 0 Å². The molecule has 0 bridgehead atoms. The van der Waals surface area contributed by atoms with E-state index < -0.39 is 17.2 Å². The first-order chi connectivity index (χ1) is 9.89. The van der Waals surface area contributed by atoms with Gasteiger partial charge in [-0.05, 0) is 38.4 Å². The number of hydrogen-bond acceptors (Lipinski definition) is 2. The predicted octanol–water partition coefficient (Wildman–Crippen LogP) is 5.94. The summed E-state index contributed by atoms with van der Waals surface area (Å²) in [5.41, 5.74) is 0. The van der Waals surface area contributed by atoms with E-state index in [4.69, 9.17) is 0 Å². The zero-order chi connectivity index (χ0) is 16.1. The molecule has 0 saturated heterocycles. The third-order valence-corrected chi connectivity index (χ3v) is 4.42. The van der Waals surface area contributed by atoms with Crippen molar-refractivity contribution in [2.24, 2.45) is 0 Å². The number of Topliss-reactive ketones (excluding diaryl/α,β-unsaturated/α-hetero) is 1. The van der Waals surface area contributed by atoms with E-state index in [-0.39, 0.29) is 0 Å². The zero-order valence-electron chi connectivity index (χ0n) is 13.0. The molecule has 0 saturated carbocycles. The molecular weight excluding hydrogens is 297 g/mol. The zero-order valence-corrected chi connectivity index (χ0v) is 13.9. The van der Waals surface area contributed by atoms with Gasteiger partial charge in [0.2, 0.25) is 5.78 Å². The second-order valence-electron chi connectivity index (χ2n) is 5.16. The highest BCUT2D eigenvalue weighted by molar-refractivity contribution is 8.00. The largest absolute Gasteiger partial charge is 0.451 e. The van der Waals surface area contributed by atoms with E-state index in [1.54, 1.807) is 0 Å². The highest BCUT2D eigenvalue weighted by Gasteiger charge is 2.41. The summed E-state index contributed by atoms with van der Waals surface area (Å²) in [6, 6.07) is 0. The number of hydrogen-bond donors (Lipinski definition) is 0. The van der Waals surface area contributed by atoms with Gasteiger partial charge in [0.15, 0.2) is 0 Å². The van der Waals surface area contributed by atoms with Crippen LogP contribution in [0.3, 0.4) is 0 Å². The highest BCUT2D eigenvalue weighted by atomic mass is 32.2. The van der Waals surface area contributed by atoms with Crippen LogP contribution in [0.5, 0.6) is 0 Å². The Kier molecular flexibility index (Phi) is 11.9. The lowest BCUT2D eigenvalue weighted by Gasteiger charge is -2.12. The van der Waals surface area contributed by atoms with Gasteiger partial charge in [-0.3, -0.25) is 4.79 Å². The van der Waals surface area contributed by atoms with Gasteiger partial charge >= 0.3 is 6.18 Å². The van der Waals surface area contributed by atoms with Crippen LogP contribution in [0.4, 0.5) is 13.2 Å². The molecule has 21 heavy (non-hydrogen) atoms. The molecule has 124 valence electrons. The number of halogens is 3. The van der Waals surface area contributed by atoms with E-state index in [2.05, 4.69) is 19.1 Å². The Hall–Kier alpha value is -0.450. The average Bonchev–Trinajstić information content (AvgIpc) is 2.42. The number of allylic oxidation sites excluding steroid dienone is 2. The minimum absolute atomic E-state index is 0.627. The topological polar surface area (TPSA) is 17.1 Å². The van der Waals surface area contributed by atoms with E-state index in [0.29, 0.717) is 5.75 Å². The number of rotatable bonds is 12. The van der Waals surface area contributed by atoms with Crippen LogP contribution in [0.15, 0.2) is 12.2 Å². The van der Waals surface area contributed by atoms with Gasteiger partial charge in [-0.2, -0.15) is 24.9 Å². The molecule has 0 unspecified atom stereocenters. The first-order valence-electron chi connectivity index (χ1n) is 7.77. The monoisotopic (exact) mass is 324 g/mol. The predicted molar refractivity (Wildman–Crippen MR) is 84.7 cm³/mol. The lowest BCUT2D eigenvalue weighted by molar-refractivity contribution is -0.170. The fourth-order valence-corrected chi connectivity index (χ4v) is 2.93.